The van der Waals surface area contributed by atoms with Crippen molar-refractivity contribution in [3.63, 3.8) is 0 Å². The van der Waals surface area contributed by atoms with Gasteiger partial charge in [0.15, 0.2) is 0 Å². The Kier molecular flexibility index (Phi) is 3.96. The Balaban J connectivity index is 1.98. The summed E-state index contributed by atoms with van der Waals surface area (Å²) >= 11 is 0. The summed E-state index contributed by atoms with van der Waals surface area (Å²) in [5.41, 5.74) is 0.980. The third kappa shape index (κ3) is 2.60. The number of amides is 2. The minimum atomic E-state index is -0.354. The second-order valence-corrected chi connectivity index (χ2v) is 5.97. The van der Waals surface area contributed by atoms with Gasteiger partial charge in [0.2, 0.25) is 11.8 Å². The van der Waals surface area contributed by atoms with Crippen molar-refractivity contribution >= 4 is 23.2 Å². The number of anilines is 2. The lowest BCUT2D eigenvalue weighted by molar-refractivity contribution is -0.121. The molecular weight excluding hydrogens is 310 g/mol. The average Bonchev–Trinajstić information content (AvgIpc) is 2.85. The summed E-state index contributed by atoms with van der Waals surface area (Å²) in [6, 6.07) is 7.25. The van der Waals surface area contributed by atoms with Crippen LogP contribution in [-0.2, 0) is 23.2 Å². The molecular formula is C16H19N5O3. The Hall–Kier alpha value is -2.90. The molecule has 2 heterocycles. The monoisotopic (exact) mass is 329 g/mol. The number of benzene rings is 1. The summed E-state index contributed by atoms with van der Waals surface area (Å²) in [6.45, 7) is 1.89. The molecule has 0 fully saturated rings. The molecule has 3 rings (SSSR count). The minimum Gasteiger partial charge on any atom is -0.313 e. The molecule has 0 N–H and O–H groups in total. The van der Waals surface area contributed by atoms with Crippen LogP contribution in [0.5, 0.6) is 0 Å². The van der Waals surface area contributed by atoms with Crippen LogP contribution in [0.15, 0.2) is 35.4 Å². The lowest BCUT2D eigenvalue weighted by atomic mass is 10.1. The zero-order valence-corrected chi connectivity index (χ0v) is 13.8. The minimum absolute atomic E-state index is 0.0484. The summed E-state index contributed by atoms with van der Waals surface area (Å²) in [4.78, 5) is 40.2. The predicted molar refractivity (Wildman–Crippen MR) is 88.8 cm³/mol. The number of rotatable bonds is 2. The highest BCUT2D eigenvalue weighted by Crippen LogP contribution is 2.33. The van der Waals surface area contributed by atoms with Gasteiger partial charge >= 0.3 is 5.69 Å². The van der Waals surface area contributed by atoms with E-state index in [2.05, 4.69) is 5.10 Å². The van der Waals surface area contributed by atoms with E-state index in [1.807, 2.05) is 12.1 Å². The van der Waals surface area contributed by atoms with Crippen LogP contribution < -0.4 is 15.5 Å². The van der Waals surface area contributed by atoms with Crippen molar-refractivity contribution in [2.75, 3.05) is 23.4 Å². The van der Waals surface area contributed by atoms with E-state index < -0.39 is 0 Å². The summed E-state index contributed by atoms with van der Waals surface area (Å²) in [7, 11) is 3.28. The van der Waals surface area contributed by atoms with Gasteiger partial charge in [0, 0.05) is 20.6 Å². The summed E-state index contributed by atoms with van der Waals surface area (Å²) in [5.74, 6) is -0.669. The molecule has 1 aromatic heterocycles. The van der Waals surface area contributed by atoms with Gasteiger partial charge in [0.25, 0.3) is 0 Å². The first-order valence-electron chi connectivity index (χ1n) is 7.65. The van der Waals surface area contributed by atoms with Gasteiger partial charge in [-0.25, -0.2) is 9.48 Å². The van der Waals surface area contributed by atoms with Crippen LogP contribution in [0, 0.1) is 5.92 Å². The lowest BCUT2D eigenvalue weighted by Gasteiger charge is -2.23. The van der Waals surface area contributed by atoms with Crippen molar-refractivity contribution in [2.24, 2.45) is 13.0 Å². The second kappa shape index (κ2) is 5.95. The van der Waals surface area contributed by atoms with E-state index >= 15 is 0 Å². The number of fused-ring (bicyclic) bond motifs is 1. The fourth-order valence-electron chi connectivity index (χ4n) is 2.85. The van der Waals surface area contributed by atoms with Crippen molar-refractivity contribution in [1.29, 1.82) is 0 Å². The zero-order chi connectivity index (χ0) is 17.4. The molecule has 2 aromatic rings. The summed E-state index contributed by atoms with van der Waals surface area (Å²) in [6.07, 6.45) is 1.37. The van der Waals surface area contributed by atoms with E-state index in [1.54, 1.807) is 43.0 Å². The van der Waals surface area contributed by atoms with Crippen LogP contribution in [-0.4, -0.2) is 39.8 Å². The Bertz CT molecular complexity index is 853. The van der Waals surface area contributed by atoms with Crippen molar-refractivity contribution in [3.05, 3.63) is 41.1 Å². The molecule has 2 amide bonds. The molecule has 24 heavy (non-hydrogen) atoms. The van der Waals surface area contributed by atoms with Crippen LogP contribution in [0.3, 0.4) is 0 Å². The van der Waals surface area contributed by atoms with Gasteiger partial charge in [0.05, 0.1) is 17.3 Å². The molecule has 0 saturated heterocycles. The van der Waals surface area contributed by atoms with Gasteiger partial charge in [-0.1, -0.05) is 19.1 Å². The molecule has 126 valence electrons. The Morgan fingerprint density at radius 2 is 1.88 bits per heavy atom. The molecule has 1 aliphatic rings. The number of para-hydroxylation sites is 2. The van der Waals surface area contributed by atoms with Crippen LogP contribution in [0.2, 0.25) is 0 Å². The molecule has 1 aliphatic heterocycles. The van der Waals surface area contributed by atoms with Gasteiger partial charge in [-0.3, -0.25) is 14.2 Å². The standard InChI is InChI=1S/C16H19N5O3/c1-11-8-20(14(22)9-21-16(24)18(2)10-17-21)13-7-5-4-6-12(13)19(3)15(11)23/h4-7,10-11H,8-9H2,1-3H3. The molecule has 0 radical (unpaired) electrons. The first kappa shape index (κ1) is 16.0. The van der Waals surface area contributed by atoms with Crippen LogP contribution in [0.4, 0.5) is 11.4 Å². The first-order chi connectivity index (χ1) is 11.4. The first-order valence-corrected chi connectivity index (χ1v) is 7.65. The SMILES string of the molecule is CC1CN(C(=O)Cn2ncn(C)c2=O)c2ccccc2N(C)C1=O. The molecule has 1 aromatic carbocycles. The molecule has 1 unspecified atom stereocenters. The lowest BCUT2D eigenvalue weighted by Crippen LogP contribution is -2.40. The number of aromatic nitrogens is 3. The van der Waals surface area contributed by atoms with Gasteiger partial charge < -0.3 is 9.80 Å². The van der Waals surface area contributed by atoms with Crippen molar-refractivity contribution in [3.8, 4) is 0 Å². The number of aryl methyl sites for hydroxylation is 1. The largest absolute Gasteiger partial charge is 0.345 e. The fourth-order valence-corrected chi connectivity index (χ4v) is 2.85. The van der Waals surface area contributed by atoms with E-state index in [1.165, 1.54) is 10.9 Å². The molecule has 0 bridgehead atoms. The Morgan fingerprint density at radius 1 is 1.21 bits per heavy atom. The maximum Gasteiger partial charge on any atom is 0.345 e. The van der Waals surface area contributed by atoms with Gasteiger partial charge in [-0.05, 0) is 12.1 Å². The Morgan fingerprint density at radius 3 is 2.50 bits per heavy atom. The highest BCUT2D eigenvalue weighted by molar-refractivity contribution is 6.05. The highest BCUT2D eigenvalue weighted by Gasteiger charge is 2.32. The van der Waals surface area contributed by atoms with Crippen molar-refractivity contribution < 1.29 is 9.59 Å². The zero-order valence-electron chi connectivity index (χ0n) is 13.8. The van der Waals surface area contributed by atoms with Crippen molar-refractivity contribution in [1.82, 2.24) is 14.3 Å². The highest BCUT2D eigenvalue weighted by atomic mass is 16.2. The Labute approximate surface area is 138 Å². The molecule has 8 nitrogen and oxygen atoms in total. The van der Waals surface area contributed by atoms with Gasteiger partial charge in [-0.2, -0.15) is 5.10 Å². The molecule has 0 saturated carbocycles. The van der Waals surface area contributed by atoms with E-state index in [4.69, 9.17) is 0 Å². The molecule has 1 atom stereocenters. The van der Waals surface area contributed by atoms with E-state index in [9.17, 15) is 14.4 Å². The molecule has 0 spiro atoms. The van der Waals surface area contributed by atoms with Crippen LogP contribution in [0.1, 0.15) is 6.92 Å². The van der Waals surface area contributed by atoms with E-state index in [0.717, 1.165) is 4.68 Å². The maximum absolute atomic E-state index is 12.8. The maximum atomic E-state index is 12.8. The van der Waals surface area contributed by atoms with Gasteiger partial charge in [-0.15, -0.1) is 0 Å². The predicted octanol–water partition coefficient (Wildman–Crippen LogP) is 0.227. The van der Waals surface area contributed by atoms with Crippen molar-refractivity contribution in [2.45, 2.75) is 13.5 Å². The topological polar surface area (TPSA) is 80.4 Å². The number of hydrogen-bond donors (Lipinski definition) is 0. The van der Waals surface area contributed by atoms with Gasteiger partial charge in [0.1, 0.15) is 12.9 Å². The third-order valence-corrected chi connectivity index (χ3v) is 4.22. The molecule has 0 aliphatic carbocycles. The quantitative estimate of drug-likeness (QED) is 0.790. The number of hydrogen-bond acceptors (Lipinski definition) is 4. The summed E-state index contributed by atoms with van der Waals surface area (Å²) in [5, 5.41) is 3.92. The van der Waals surface area contributed by atoms with Crippen LogP contribution in [0.25, 0.3) is 0 Å². The van der Waals surface area contributed by atoms with Crippen LogP contribution >= 0.6 is 0 Å². The fraction of sp³-hybridized carbons (Fsp3) is 0.375. The van der Waals surface area contributed by atoms with E-state index in [0.29, 0.717) is 11.4 Å². The number of carbonyl (C=O) groups is 2. The molecule has 8 heteroatoms. The van der Waals surface area contributed by atoms with E-state index in [-0.39, 0.29) is 36.5 Å². The average molecular weight is 329 g/mol. The summed E-state index contributed by atoms with van der Waals surface area (Å²) < 4.78 is 2.43. The normalized spacial score (nSPS) is 17.6. The second-order valence-electron chi connectivity index (χ2n) is 5.97. The third-order valence-electron chi connectivity index (χ3n) is 4.22. The smallest absolute Gasteiger partial charge is 0.313 e. The number of carbonyl (C=O) groups excluding carboxylic acids is 2. The number of nitrogens with zero attached hydrogens (tertiary/aromatic N) is 5.